The van der Waals surface area contributed by atoms with Gasteiger partial charge in [0.15, 0.2) is 5.78 Å². The van der Waals surface area contributed by atoms with Crippen LogP contribution in [0.4, 0.5) is 9.59 Å². The highest BCUT2D eigenvalue weighted by Crippen LogP contribution is 2.26. The summed E-state index contributed by atoms with van der Waals surface area (Å²) in [7, 11) is 0. The lowest BCUT2D eigenvalue weighted by atomic mass is 9.88. The molecule has 86 heavy (non-hydrogen) atoms. The second-order valence-corrected chi connectivity index (χ2v) is 20.9. The summed E-state index contributed by atoms with van der Waals surface area (Å²) < 4.78 is 21.9. The van der Waals surface area contributed by atoms with Crippen LogP contribution in [-0.2, 0) is 87.0 Å². The average molecular weight is 1170 g/mol. The number of Topliss-reactive ketones (excluding diaryl/α,β-unsaturated/α-hetero) is 1. The van der Waals surface area contributed by atoms with Crippen LogP contribution in [0.3, 0.4) is 0 Å². The van der Waals surface area contributed by atoms with Gasteiger partial charge in [-0.2, -0.15) is 0 Å². The van der Waals surface area contributed by atoms with Gasteiger partial charge in [0.25, 0.3) is 0 Å². The number of phenols is 1. The zero-order valence-corrected chi connectivity index (χ0v) is 48.6. The maximum Gasteiger partial charge on any atom is 0.412 e. The number of aromatic hydroxyl groups is 1. The van der Waals surface area contributed by atoms with Gasteiger partial charge in [-0.15, -0.1) is 0 Å². The normalized spacial score (nSPS) is 12.5. The number of amides is 5. The third kappa shape index (κ3) is 23.9. The Labute approximate surface area is 501 Å². The number of ketones is 1. The average Bonchev–Trinajstić information content (AvgIpc) is 2.51. The number of unbranched alkanes of at least 4 members (excludes halogenated alkanes) is 1. The number of ether oxygens (including phenoxy) is 4. The second kappa shape index (κ2) is 35.5. The maximum atomic E-state index is 15.0. The summed E-state index contributed by atoms with van der Waals surface area (Å²) in [5.74, 6) is -6.29. The van der Waals surface area contributed by atoms with Gasteiger partial charge in [0.2, 0.25) is 17.7 Å². The number of primary amides is 1. The highest BCUT2D eigenvalue weighted by Gasteiger charge is 2.33. The van der Waals surface area contributed by atoms with E-state index < -0.39 is 84.4 Å². The second-order valence-electron chi connectivity index (χ2n) is 20.9. The number of esters is 2. The van der Waals surface area contributed by atoms with Crippen LogP contribution in [0.2, 0.25) is 0 Å². The maximum absolute atomic E-state index is 15.0. The molecule has 19 nitrogen and oxygen atoms in total. The topological polar surface area (TPSA) is 280 Å². The van der Waals surface area contributed by atoms with Crippen LogP contribution in [0.15, 0.2) is 169 Å². The van der Waals surface area contributed by atoms with Crippen LogP contribution < -0.4 is 27.0 Å². The van der Waals surface area contributed by atoms with Gasteiger partial charge in [-0.1, -0.05) is 152 Å². The highest BCUT2D eigenvalue weighted by atomic mass is 16.6. The molecule has 6 aromatic carbocycles. The number of carbonyl (C=O) groups is 8. The molecular weight excluding hydrogens is 1100 g/mol. The van der Waals surface area contributed by atoms with Crippen molar-refractivity contribution in [2.24, 2.45) is 22.6 Å². The molecule has 0 saturated carbocycles. The van der Waals surface area contributed by atoms with Gasteiger partial charge in [0.1, 0.15) is 50.5 Å². The molecule has 0 aliphatic carbocycles. The summed E-state index contributed by atoms with van der Waals surface area (Å²) in [5, 5.41) is 21.3. The molecule has 5 amide bonds. The molecule has 0 aromatic heterocycles. The first kappa shape index (κ1) is 65.5. The van der Waals surface area contributed by atoms with E-state index in [2.05, 4.69) is 26.3 Å². The number of carbonyl (C=O) groups excluding carboxylic acids is 8. The summed E-state index contributed by atoms with van der Waals surface area (Å²) >= 11 is 0. The van der Waals surface area contributed by atoms with Crippen molar-refractivity contribution in [2.45, 2.75) is 117 Å². The summed E-state index contributed by atoms with van der Waals surface area (Å²) in [6.07, 6.45) is -1.77. The first-order chi connectivity index (χ1) is 41.6. The largest absolute Gasteiger partial charge is 0.508 e. The first-order valence-electron chi connectivity index (χ1n) is 28.7. The molecule has 0 aliphatic heterocycles. The molecule has 452 valence electrons. The Hall–Kier alpha value is -9.65. The quantitative estimate of drug-likeness (QED) is 0.00739. The predicted octanol–water partition coefficient (Wildman–Crippen LogP) is 8.91. The molecule has 0 unspecified atom stereocenters. The third-order valence-corrected chi connectivity index (χ3v) is 14.0. The zero-order chi connectivity index (χ0) is 61.5. The van der Waals surface area contributed by atoms with Crippen LogP contribution in [0, 0.1) is 25.7 Å². The van der Waals surface area contributed by atoms with Crippen LogP contribution >= 0.6 is 0 Å². The van der Waals surface area contributed by atoms with Gasteiger partial charge in [0, 0.05) is 25.4 Å². The number of aliphatic imine (C=N–C) groups is 1. The van der Waals surface area contributed by atoms with E-state index in [1.54, 1.807) is 129 Å². The third-order valence-electron chi connectivity index (χ3n) is 14.0. The van der Waals surface area contributed by atoms with Gasteiger partial charge in [-0.25, -0.2) is 9.59 Å². The van der Waals surface area contributed by atoms with E-state index in [-0.39, 0.29) is 89.6 Å². The van der Waals surface area contributed by atoms with Crippen molar-refractivity contribution in [3.05, 3.63) is 208 Å². The number of nitrogens with two attached hydrogens (primary N) is 1. The fraction of sp³-hybridized carbons (Fsp3) is 0.328. The van der Waals surface area contributed by atoms with Crippen molar-refractivity contribution >= 4 is 53.5 Å². The monoisotopic (exact) mass is 1170 g/mol. The number of hydrogen-bond acceptors (Lipinski definition) is 14. The Kier molecular flexibility index (Phi) is 27.0. The molecule has 0 saturated heterocycles. The zero-order valence-electron chi connectivity index (χ0n) is 48.6. The summed E-state index contributed by atoms with van der Waals surface area (Å²) in [6, 6.07) is 45.8. The van der Waals surface area contributed by atoms with E-state index >= 15 is 4.79 Å². The minimum Gasteiger partial charge on any atom is -0.508 e. The van der Waals surface area contributed by atoms with Crippen LogP contribution in [0.5, 0.6) is 5.75 Å². The van der Waals surface area contributed by atoms with Crippen LogP contribution in [0.1, 0.15) is 95.9 Å². The molecule has 0 aliphatic rings. The van der Waals surface area contributed by atoms with E-state index in [9.17, 15) is 38.7 Å². The number of nitrogens with one attached hydrogen (secondary N) is 4. The van der Waals surface area contributed by atoms with Gasteiger partial charge in [-0.05, 0) is 115 Å². The molecule has 0 heterocycles. The number of alkyl carbamates (subject to hydrolysis) is 2. The van der Waals surface area contributed by atoms with Gasteiger partial charge < -0.3 is 45.7 Å². The smallest absolute Gasteiger partial charge is 0.412 e. The number of rotatable bonds is 33. The fourth-order valence-corrected chi connectivity index (χ4v) is 9.40. The standard InChI is InChI=1S/C67H76N6O13/c1-46-35-55(74)36-47(2)56(46)38-54(40-61(76)83-42-49-23-10-4-11-24-49)65(80)71-57(32-20-34-69-60(41-62(77)84-43-50-25-12-5-13-26-50)73-67(82)86-45-52-29-16-7-17-30-52)59(75)39-53(37-48-21-8-3-9-22-48)64(79)72-58(63(68)78)31-18-19-33-70-66(81)85-44-51-27-14-6-15-28-51/h3-17,21-30,35-36,53-54,57-58,74H,18-20,31-34,37-45H2,1-2H3,(H2,68,78)(H,70,81)(H,71,80)(H,72,79)(H,69,73,82)/t53-,54-,57-,58+/m1/s1. The number of nitrogens with zero attached hydrogens (tertiary/aromatic N) is 1. The molecule has 0 spiro atoms. The molecular formula is C67H76N6O13. The first-order valence-corrected chi connectivity index (χ1v) is 28.7. The SMILES string of the molecule is Cc1cc(O)cc(C)c1C[C@H](CC(=O)OCc1ccccc1)C(=O)N[C@H](CCCN=C(CC(=O)OCc1ccccc1)NC(=O)OCc1ccccc1)C(=O)C[C@@H](Cc1ccccc1)C(=O)N[C@@H](CCCCNC(=O)OCc1ccccc1)C(N)=O. The number of phenolic OH excluding ortho intramolecular Hbond substituents is 1. The molecule has 19 heteroatoms. The van der Waals surface area contributed by atoms with E-state index in [0.717, 1.165) is 22.3 Å². The van der Waals surface area contributed by atoms with Crippen LogP contribution in [0.25, 0.3) is 0 Å². The fourth-order valence-electron chi connectivity index (χ4n) is 9.40. The van der Waals surface area contributed by atoms with Gasteiger partial charge in [0.05, 0.1) is 18.4 Å². The molecule has 6 aromatic rings. The Morgan fingerprint density at radius 2 is 0.953 bits per heavy atom. The Morgan fingerprint density at radius 1 is 0.512 bits per heavy atom. The highest BCUT2D eigenvalue weighted by molar-refractivity contribution is 6.04. The van der Waals surface area contributed by atoms with Gasteiger partial charge >= 0.3 is 24.1 Å². The van der Waals surface area contributed by atoms with E-state index in [1.807, 2.05) is 48.5 Å². The predicted molar refractivity (Wildman–Crippen MR) is 323 cm³/mol. The Balaban J connectivity index is 1.22. The Bertz CT molecular complexity index is 3100. The van der Waals surface area contributed by atoms with Crippen molar-refractivity contribution in [3.8, 4) is 5.75 Å². The van der Waals surface area contributed by atoms with Crippen molar-refractivity contribution in [2.75, 3.05) is 13.1 Å². The van der Waals surface area contributed by atoms with Crippen molar-refractivity contribution in [3.63, 3.8) is 0 Å². The van der Waals surface area contributed by atoms with E-state index in [0.29, 0.717) is 35.1 Å². The molecule has 0 bridgehead atoms. The molecule has 6 rings (SSSR count). The lowest BCUT2D eigenvalue weighted by Gasteiger charge is -2.25. The van der Waals surface area contributed by atoms with Crippen molar-refractivity contribution < 1.29 is 62.4 Å². The van der Waals surface area contributed by atoms with Crippen molar-refractivity contribution in [1.82, 2.24) is 21.3 Å². The molecule has 7 N–H and O–H groups in total. The lowest BCUT2D eigenvalue weighted by Crippen LogP contribution is -2.49. The van der Waals surface area contributed by atoms with Gasteiger partial charge in [-0.3, -0.25) is 39.1 Å². The number of benzene rings is 6. The number of hydrogen-bond donors (Lipinski definition) is 6. The lowest BCUT2D eigenvalue weighted by molar-refractivity contribution is -0.148. The minimum absolute atomic E-state index is 0.0210. The van der Waals surface area contributed by atoms with Crippen molar-refractivity contribution in [1.29, 1.82) is 0 Å². The number of aryl methyl sites for hydroxylation is 2. The Morgan fingerprint density at radius 3 is 1.47 bits per heavy atom. The molecule has 0 radical (unpaired) electrons. The summed E-state index contributed by atoms with van der Waals surface area (Å²) in [4.78, 5) is 114. The summed E-state index contributed by atoms with van der Waals surface area (Å²) in [6.45, 7) is 3.62. The number of amidine groups is 1. The molecule has 4 atom stereocenters. The van der Waals surface area contributed by atoms with E-state index in [4.69, 9.17) is 24.7 Å². The summed E-state index contributed by atoms with van der Waals surface area (Å²) in [5.41, 5.74) is 11.6. The van der Waals surface area contributed by atoms with Crippen LogP contribution in [-0.4, -0.2) is 83.7 Å². The van der Waals surface area contributed by atoms with E-state index in [1.165, 1.54) is 0 Å². The molecule has 0 fully saturated rings. The minimum atomic E-state index is -1.30.